The number of carbonyl (C=O) groups excluding carboxylic acids is 1. The summed E-state index contributed by atoms with van der Waals surface area (Å²) in [5.41, 5.74) is 1.05. The summed E-state index contributed by atoms with van der Waals surface area (Å²) in [5.74, 6) is -0.335. The van der Waals surface area contributed by atoms with Gasteiger partial charge in [0.1, 0.15) is 6.23 Å². The average molecular weight is 159 g/mol. The second kappa shape index (κ2) is 2.35. The minimum Gasteiger partial charge on any atom is -0.370 e. The number of hydrogen-bond donors (Lipinski definition) is 1. The predicted octanol–water partition coefficient (Wildman–Crippen LogP) is 0.217. The van der Waals surface area contributed by atoms with E-state index in [1.165, 1.54) is 0 Å². The molecular formula is C8H6BNO2. The molecule has 58 valence electrons. The first-order valence-corrected chi connectivity index (χ1v) is 3.57. The van der Waals surface area contributed by atoms with E-state index in [0.29, 0.717) is 11.1 Å². The molecule has 3 nitrogen and oxygen atoms in total. The first kappa shape index (κ1) is 7.37. The summed E-state index contributed by atoms with van der Waals surface area (Å²) in [7, 11) is 5.31. The van der Waals surface area contributed by atoms with Gasteiger partial charge in [0.15, 0.2) is 0 Å². The van der Waals surface area contributed by atoms with Gasteiger partial charge in [0.25, 0.3) is 0 Å². The molecule has 1 N–H and O–H groups in total. The molecule has 0 bridgehead atoms. The average Bonchev–Trinajstić information content (AvgIpc) is 2.33. The van der Waals surface area contributed by atoms with E-state index in [9.17, 15) is 9.90 Å². The number of benzene rings is 1. The van der Waals surface area contributed by atoms with Gasteiger partial charge in [-0.15, -0.1) is 0 Å². The van der Waals surface area contributed by atoms with E-state index >= 15 is 0 Å². The maximum absolute atomic E-state index is 11.2. The van der Waals surface area contributed by atoms with Crippen LogP contribution in [0.25, 0.3) is 0 Å². The normalized spacial score (nSPS) is 21.2. The van der Waals surface area contributed by atoms with Crippen LogP contribution in [0.4, 0.5) is 0 Å². The molecule has 0 aliphatic carbocycles. The van der Waals surface area contributed by atoms with Crippen molar-refractivity contribution in [2.75, 3.05) is 0 Å². The van der Waals surface area contributed by atoms with Gasteiger partial charge in [-0.05, 0) is 6.07 Å². The zero-order valence-corrected chi connectivity index (χ0v) is 6.27. The van der Waals surface area contributed by atoms with Crippen molar-refractivity contribution in [3.63, 3.8) is 0 Å². The topological polar surface area (TPSA) is 40.5 Å². The van der Waals surface area contributed by atoms with E-state index in [1.807, 2.05) is 0 Å². The van der Waals surface area contributed by atoms with Gasteiger partial charge in [-0.2, -0.15) is 0 Å². The van der Waals surface area contributed by atoms with E-state index in [2.05, 4.69) is 0 Å². The van der Waals surface area contributed by atoms with Crippen LogP contribution in [-0.4, -0.2) is 23.8 Å². The maximum atomic E-state index is 11.2. The summed E-state index contributed by atoms with van der Waals surface area (Å²) in [4.78, 5) is 12.1. The number of hydrogen-bond acceptors (Lipinski definition) is 2. The van der Waals surface area contributed by atoms with Crippen molar-refractivity contribution in [3.05, 3.63) is 35.4 Å². The molecule has 1 atom stereocenters. The molecule has 1 amide bonds. The van der Waals surface area contributed by atoms with Gasteiger partial charge in [-0.25, -0.2) is 0 Å². The zero-order valence-electron chi connectivity index (χ0n) is 6.27. The highest BCUT2D eigenvalue weighted by molar-refractivity contribution is 6.20. The largest absolute Gasteiger partial charge is 0.370 e. The summed E-state index contributed by atoms with van der Waals surface area (Å²) < 4.78 is 0. The molecule has 0 saturated carbocycles. The molecule has 0 aromatic heterocycles. The van der Waals surface area contributed by atoms with Gasteiger partial charge in [0.05, 0.1) is 0 Å². The number of aliphatic hydroxyl groups is 1. The fraction of sp³-hybridized carbons (Fsp3) is 0.125. The number of rotatable bonds is 0. The van der Waals surface area contributed by atoms with Crippen LogP contribution in [-0.2, 0) is 0 Å². The lowest BCUT2D eigenvalue weighted by Gasteiger charge is -2.14. The molecule has 0 spiro atoms. The minimum atomic E-state index is -0.992. The number of carbonyl (C=O) groups is 1. The van der Waals surface area contributed by atoms with Crippen molar-refractivity contribution in [1.82, 2.24) is 4.81 Å². The Morgan fingerprint density at radius 2 is 2.08 bits per heavy atom. The van der Waals surface area contributed by atoms with Crippen molar-refractivity contribution in [2.24, 2.45) is 0 Å². The molecule has 1 aliphatic rings. The Morgan fingerprint density at radius 1 is 1.42 bits per heavy atom. The highest BCUT2D eigenvalue weighted by Crippen LogP contribution is 2.28. The molecule has 2 radical (unpaired) electrons. The fourth-order valence-electron chi connectivity index (χ4n) is 1.32. The number of amides is 1. The van der Waals surface area contributed by atoms with Crippen LogP contribution in [0.2, 0.25) is 0 Å². The second-order valence-corrected chi connectivity index (χ2v) is 2.67. The lowest BCUT2D eigenvalue weighted by molar-refractivity contribution is 0.0543. The molecule has 12 heavy (non-hydrogen) atoms. The van der Waals surface area contributed by atoms with Gasteiger partial charge in [0.2, 0.25) is 13.9 Å². The monoisotopic (exact) mass is 159 g/mol. The highest BCUT2D eigenvalue weighted by atomic mass is 16.3. The van der Waals surface area contributed by atoms with Crippen LogP contribution in [0.1, 0.15) is 22.1 Å². The Balaban J connectivity index is 2.59. The number of aliphatic hydroxyl groups excluding tert-OH is 1. The third-order valence-electron chi connectivity index (χ3n) is 1.97. The van der Waals surface area contributed by atoms with Gasteiger partial charge >= 0.3 is 0 Å². The Bertz CT molecular complexity index is 340. The Hall–Kier alpha value is -1.29. The lowest BCUT2D eigenvalue weighted by atomic mass is 10.1. The van der Waals surface area contributed by atoms with Gasteiger partial charge in [0, 0.05) is 11.1 Å². The fourth-order valence-corrected chi connectivity index (χ4v) is 1.32. The van der Waals surface area contributed by atoms with E-state index in [0.717, 1.165) is 4.81 Å². The van der Waals surface area contributed by atoms with E-state index in [-0.39, 0.29) is 5.91 Å². The van der Waals surface area contributed by atoms with Crippen LogP contribution < -0.4 is 0 Å². The van der Waals surface area contributed by atoms with Crippen molar-refractivity contribution < 1.29 is 9.90 Å². The first-order valence-electron chi connectivity index (χ1n) is 3.57. The van der Waals surface area contributed by atoms with Crippen LogP contribution in [0, 0.1) is 0 Å². The Morgan fingerprint density at radius 3 is 2.75 bits per heavy atom. The molecular weight excluding hydrogens is 153 g/mol. The van der Waals surface area contributed by atoms with Crippen LogP contribution >= 0.6 is 0 Å². The van der Waals surface area contributed by atoms with Crippen molar-refractivity contribution >= 4 is 13.9 Å². The summed E-state index contributed by atoms with van der Waals surface area (Å²) in [6, 6.07) is 6.83. The molecule has 2 rings (SSSR count). The highest BCUT2D eigenvalue weighted by Gasteiger charge is 2.31. The van der Waals surface area contributed by atoms with Crippen LogP contribution in [0.5, 0.6) is 0 Å². The molecule has 1 aromatic carbocycles. The van der Waals surface area contributed by atoms with Crippen molar-refractivity contribution in [3.8, 4) is 0 Å². The van der Waals surface area contributed by atoms with Gasteiger partial charge in [-0.3, -0.25) is 4.79 Å². The minimum absolute atomic E-state index is 0.335. The summed E-state index contributed by atoms with van der Waals surface area (Å²) in [5, 5.41) is 9.40. The summed E-state index contributed by atoms with van der Waals surface area (Å²) in [6.07, 6.45) is -0.992. The van der Waals surface area contributed by atoms with E-state index in [4.69, 9.17) is 7.98 Å². The smallest absolute Gasteiger partial charge is 0.243 e. The predicted molar refractivity (Wildman–Crippen MR) is 43.3 cm³/mol. The standard InChI is InChI=1S/C8H6BNO2/c9-10-7(11)5-3-1-2-4-6(5)8(10)12/h1-4,7,11H. The molecule has 4 heteroatoms. The summed E-state index contributed by atoms with van der Waals surface area (Å²) >= 11 is 0. The molecule has 1 aliphatic heterocycles. The van der Waals surface area contributed by atoms with E-state index in [1.54, 1.807) is 24.3 Å². The molecule has 0 fully saturated rings. The first-order chi connectivity index (χ1) is 5.72. The third kappa shape index (κ3) is 0.784. The lowest BCUT2D eigenvalue weighted by Crippen LogP contribution is -2.24. The molecule has 1 unspecified atom stereocenters. The Labute approximate surface area is 71.0 Å². The Kier molecular flexibility index (Phi) is 1.44. The summed E-state index contributed by atoms with van der Waals surface area (Å²) in [6.45, 7) is 0. The molecule has 0 saturated heterocycles. The quantitative estimate of drug-likeness (QED) is 0.550. The number of fused-ring (bicyclic) bond motifs is 1. The van der Waals surface area contributed by atoms with Gasteiger partial charge in [-0.1, -0.05) is 18.2 Å². The second-order valence-electron chi connectivity index (χ2n) is 2.67. The zero-order chi connectivity index (χ0) is 8.72. The SMILES string of the molecule is [B]N1C(=O)c2ccccc2C1O. The van der Waals surface area contributed by atoms with Crippen molar-refractivity contribution in [2.45, 2.75) is 6.23 Å². The van der Waals surface area contributed by atoms with Crippen LogP contribution in [0.3, 0.4) is 0 Å². The number of nitrogens with zero attached hydrogens (tertiary/aromatic N) is 1. The van der Waals surface area contributed by atoms with E-state index < -0.39 is 6.23 Å². The molecule has 1 heterocycles. The van der Waals surface area contributed by atoms with Crippen LogP contribution in [0.15, 0.2) is 24.3 Å². The third-order valence-corrected chi connectivity index (χ3v) is 1.97. The van der Waals surface area contributed by atoms with Gasteiger partial charge < -0.3 is 9.92 Å². The van der Waals surface area contributed by atoms with Crippen molar-refractivity contribution in [1.29, 1.82) is 0 Å². The molecule has 1 aromatic rings. The maximum Gasteiger partial charge on any atom is 0.243 e.